The zero-order valence-electron chi connectivity index (χ0n) is 10.8. The highest BCUT2D eigenvalue weighted by Crippen LogP contribution is 2.39. The Kier molecular flexibility index (Phi) is 3.70. The number of nitrogens with two attached hydrogens (primary N) is 1. The van der Waals surface area contributed by atoms with Gasteiger partial charge < -0.3 is 15.4 Å². The Labute approximate surface area is 103 Å². The highest BCUT2D eigenvalue weighted by molar-refractivity contribution is 5.81. The summed E-state index contributed by atoms with van der Waals surface area (Å²) < 4.78 is 4.88. The molecule has 17 heavy (non-hydrogen) atoms. The Morgan fingerprint density at radius 3 is 2.41 bits per heavy atom. The van der Waals surface area contributed by atoms with Gasteiger partial charge in [-0.05, 0) is 25.8 Å². The zero-order chi connectivity index (χ0) is 12.5. The molecule has 2 fully saturated rings. The molecule has 2 N–H and O–H groups in total. The summed E-state index contributed by atoms with van der Waals surface area (Å²) in [5.41, 5.74) is 5.51. The van der Waals surface area contributed by atoms with Gasteiger partial charge in [-0.2, -0.15) is 0 Å². The molecule has 5 nitrogen and oxygen atoms in total. The molecule has 1 saturated heterocycles. The van der Waals surface area contributed by atoms with Crippen LogP contribution in [-0.2, 0) is 9.53 Å². The van der Waals surface area contributed by atoms with Crippen molar-refractivity contribution in [2.24, 2.45) is 11.7 Å². The smallest absolute Gasteiger partial charge is 0.327 e. The molecular weight excluding hydrogens is 218 g/mol. The summed E-state index contributed by atoms with van der Waals surface area (Å²) in [6, 6.07) is 0. The van der Waals surface area contributed by atoms with E-state index < -0.39 is 5.54 Å². The number of esters is 1. The van der Waals surface area contributed by atoms with Gasteiger partial charge in [-0.25, -0.2) is 0 Å². The third kappa shape index (κ3) is 2.78. The van der Waals surface area contributed by atoms with Crippen LogP contribution in [0.15, 0.2) is 0 Å². The molecule has 1 aliphatic carbocycles. The lowest BCUT2D eigenvalue weighted by atomic mass is 9.93. The minimum atomic E-state index is -0.787. The number of hydrogen-bond acceptors (Lipinski definition) is 5. The number of hydrogen-bond donors (Lipinski definition) is 1. The standard InChI is InChI=1S/C12H23N3O2/c1-14-5-7-15(8-6-14)9-12(13,10-3-4-10)11(16)17-2/h10H,3-9,13H2,1-2H3. The van der Waals surface area contributed by atoms with E-state index in [1.165, 1.54) is 7.11 Å². The average molecular weight is 241 g/mol. The van der Waals surface area contributed by atoms with Crippen LogP contribution in [0.4, 0.5) is 0 Å². The molecule has 1 atom stereocenters. The topological polar surface area (TPSA) is 58.8 Å². The first kappa shape index (κ1) is 12.8. The number of methoxy groups -OCH3 is 1. The predicted octanol–water partition coefficient (Wildman–Crippen LogP) is -0.486. The van der Waals surface area contributed by atoms with Gasteiger partial charge >= 0.3 is 5.97 Å². The first-order valence-electron chi connectivity index (χ1n) is 6.34. The Balaban J connectivity index is 1.96. The lowest BCUT2D eigenvalue weighted by molar-refractivity contribution is -0.149. The van der Waals surface area contributed by atoms with Crippen LogP contribution in [0.2, 0.25) is 0 Å². The Morgan fingerprint density at radius 2 is 1.94 bits per heavy atom. The van der Waals surface area contributed by atoms with Crippen molar-refractivity contribution in [3.63, 3.8) is 0 Å². The van der Waals surface area contributed by atoms with Crippen molar-refractivity contribution in [1.82, 2.24) is 9.80 Å². The minimum Gasteiger partial charge on any atom is -0.468 e. The van der Waals surface area contributed by atoms with Crippen molar-refractivity contribution < 1.29 is 9.53 Å². The van der Waals surface area contributed by atoms with Crippen molar-refractivity contribution >= 4 is 5.97 Å². The maximum absolute atomic E-state index is 11.9. The molecule has 0 aromatic carbocycles. The van der Waals surface area contributed by atoms with Gasteiger partial charge in [0, 0.05) is 32.7 Å². The summed E-state index contributed by atoms with van der Waals surface area (Å²) in [5, 5.41) is 0. The van der Waals surface area contributed by atoms with Gasteiger partial charge in [-0.1, -0.05) is 0 Å². The molecule has 5 heteroatoms. The SMILES string of the molecule is COC(=O)C(N)(CN1CCN(C)CC1)C1CC1. The summed E-state index contributed by atoms with van der Waals surface area (Å²) in [4.78, 5) is 16.5. The first-order chi connectivity index (χ1) is 8.06. The van der Waals surface area contributed by atoms with Crippen LogP contribution in [0.25, 0.3) is 0 Å². The fraction of sp³-hybridized carbons (Fsp3) is 0.917. The molecule has 0 aromatic rings. The van der Waals surface area contributed by atoms with Crippen LogP contribution < -0.4 is 5.73 Å². The largest absolute Gasteiger partial charge is 0.468 e. The summed E-state index contributed by atoms with van der Waals surface area (Å²) in [5.74, 6) is 0.0635. The second kappa shape index (κ2) is 4.92. The maximum Gasteiger partial charge on any atom is 0.327 e. The van der Waals surface area contributed by atoms with E-state index in [1.807, 2.05) is 0 Å². The van der Waals surface area contributed by atoms with Gasteiger partial charge in [0.15, 0.2) is 0 Å². The molecule has 1 aliphatic heterocycles. The van der Waals surface area contributed by atoms with Crippen LogP contribution in [-0.4, -0.2) is 68.2 Å². The molecule has 0 spiro atoms. The number of ether oxygens (including phenoxy) is 1. The molecule has 1 saturated carbocycles. The third-order valence-corrected chi connectivity index (χ3v) is 3.95. The fourth-order valence-corrected chi connectivity index (χ4v) is 2.52. The number of rotatable bonds is 4. The number of likely N-dealkylation sites (N-methyl/N-ethyl adjacent to an activating group) is 1. The lowest BCUT2D eigenvalue weighted by Crippen LogP contribution is -2.60. The summed E-state index contributed by atoms with van der Waals surface area (Å²) in [6.07, 6.45) is 2.11. The van der Waals surface area contributed by atoms with Crippen molar-refractivity contribution in [3.05, 3.63) is 0 Å². The van der Waals surface area contributed by atoms with E-state index in [1.54, 1.807) is 0 Å². The molecule has 2 rings (SSSR count). The van der Waals surface area contributed by atoms with Gasteiger partial charge in [-0.3, -0.25) is 9.69 Å². The van der Waals surface area contributed by atoms with Gasteiger partial charge in [0.2, 0.25) is 0 Å². The van der Waals surface area contributed by atoms with Gasteiger partial charge in [0.05, 0.1) is 7.11 Å². The summed E-state index contributed by atoms with van der Waals surface area (Å²) in [7, 11) is 3.55. The molecule has 1 unspecified atom stereocenters. The minimum absolute atomic E-state index is 0.251. The van der Waals surface area contributed by atoms with Crippen molar-refractivity contribution in [3.8, 4) is 0 Å². The number of carbonyl (C=O) groups excluding carboxylic acids is 1. The van der Waals surface area contributed by atoms with E-state index in [4.69, 9.17) is 10.5 Å². The second-order valence-corrected chi connectivity index (χ2v) is 5.39. The van der Waals surface area contributed by atoms with E-state index in [0.29, 0.717) is 12.5 Å². The molecular formula is C12H23N3O2. The number of piperazine rings is 1. The van der Waals surface area contributed by atoms with Gasteiger partial charge in [0.1, 0.15) is 5.54 Å². The highest BCUT2D eigenvalue weighted by atomic mass is 16.5. The fourth-order valence-electron chi connectivity index (χ4n) is 2.52. The van der Waals surface area contributed by atoms with Crippen LogP contribution >= 0.6 is 0 Å². The lowest BCUT2D eigenvalue weighted by Gasteiger charge is -2.37. The summed E-state index contributed by atoms with van der Waals surface area (Å²) >= 11 is 0. The normalized spacial score (nSPS) is 26.5. The molecule has 0 aromatic heterocycles. The van der Waals surface area contributed by atoms with Crippen LogP contribution in [0.3, 0.4) is 0 Å². The Morgan fingerprint density at radius 1 is 1.35 bits per heavy atom. The van der Waals surface area contributed by atoms with E-state index in [9.17, 15) is 4.79 Å². The molecule has 2 aliphatic rings. The molecule has 0 amide bonds. The van der Waals surface area contributed by atoms with Crippen LogP contribution in [0.5, 0.6) is 0 Å². The maximum atomic E-state index is 11.9. The number of carbonyl (C=O) groups is 1. The van der Waals surface area contributed by atoms with Crippen LogP contribution in [0, 0.1) is 5.92 Å². The highest BCUT2D eigenvalue weighted by Gasteiger charge is 2.49. The van der Waals surface area contributed by atoms with Crippen LogP contribution in [0.1, 0.15) is 12.8 Å². The third-order valence-electron chi connectivity index (χ3n) is 3.95. The predicted molar refractivity (Wildman–Crippen MR) is 65.6 cm³/mol. The van der Waals surface area contributed by atoms with E-state index in [2.05, 4.69) is 16.8 Å². The van der Waals surface area contributed by atoms with Crippen molar-refractivity contribution in [2.75, 3.05) is 46.9 Å². The first-order valence-corrected chi connectivity index (χ1v) is 6.34. The van der Waals surface area contributed by atoms with Gasteiger partial charge in [-0.15, -0.1) is 0 Å². The van der Waals surface area contributed by atoms with E-state index in [0.717, 1.165) is 39.0 Å². The number of nitrogens with zero attached hydrogens (tertiary/aromatic N) is 2. The van der Waals surface area contributed by atoms with E-state index in [-0.39, 0.29) is 5.97 Å². The Hall–Kier alpha value is -0.650. The second-order valence-electron chi connectivity index (χ2n) is 5.39. The Bertz CT molecular complexity index is 285. The monoisotopic (exact) mass is 241 g/mol. The molecule has 0 radical (unpaired) electrons. The average Bonchev–Trinajstić information content (AvgIpc) is 3.15. The quantitative estimate of drug-likeness (QED) is 0.673. The molecule has 98 valence electrons. The van der Waals surface area contributed by atoms with Crippen molar-refractivity contribution in [1.29, 1.82) is 0 Å². The van der Waals surface area contributed by atoms with Crippen molar-refractivity contribution in [2.45, 2.75) is 18.4 Å². The van der Waals surface area contributed by atoms with Gasteiger partial charge in [0.25, 0.3) is 0 Å². The zero-order valence-corrected chi connectivity index (χ0v) is 10.8. The van der Waals surface area contributed by atoms with E-state index >= 15 is 0 Å². The molecule has 0 bridgehead atoms. The molecule has 1 heterocycles. The summed E-state index contributed by atoms with van der Waals surface area (Å²) in [6.45, 7) is 4.69.